The van der Waals surface area contributed by atoms with Crippen LogP contribution in [0.3, 0.4) is 0 Å². The molecular weight excluding hydrogens is 262 g/mol. The third-order valence-electron chi connectivity index (χ3n) is 4.23. The molecule has 0 amide bonds. The van der Waals surface area contributed by atoms with Crippen LogP contribution in [0.25, 0.3) is 5.82 Å². The molecule has 0 radical (unpaired) electrons. The van der Waals surface area contributed by atoms with E-state index in [0.717, 1.165) is 35.5 Å². The third-order valence-corrected chi connectivity index (χ3v) is 4.23. The third kappa shape index (κ3) is 3.06. The van der Waals surface area contributed by atoms with Crippen molar-refractivity contribution in [3.05, 3.63) is 29.8 Å². The molecule has 5 heteroatoms. The standard InChI is InChI=1S/C16H23N5/c1-12-8-13(2)21(19-12)16-10-17-9-15(18-16)20(3)11-14-6-4-5-7-14/h8-10,14H,4-7,11H2,1-3H3. The van der Waals surface area contributed by atoms with Crippen LogP contribution >= 0.6 is 0 Å². The van der Waals surface area contributed by atoms with Crippen molar-refractivity contribution in [3.63, 3.8) is 0 Å². The zero-order valence-corrected chi connectivity index (χ0v) is 13.1. The van der Waals surface area contributed by atoms with Crippen LogP contribution in [-0.4, -0.2) is 33.3 Å². The highest BCUT2D eigenvalue weighted by atomic mass is 15.3. The minimum absolute atomic E-state index is 0.788. The highest BCUT2D eigenvalue weighted by molar-refractivity contribution is 5.39. The summed E-state index contributed by atoms with van der Waals surface area (Å²) in [7, 11) is 2.10. The van der Waals surface area contributed by atoms with Crippen LogP contribution in [0, 0.1) is 19.8 Å². The Balaban J connectivity index is 1.80. The highest BCUT2D eigenvalue weighted by Crippen LogP contribution is 2.26. The van der Waals surface area contributed by atoms with Gasteiger partial charge in [-0.3, -0.25) is 4.98 Å². The lowest BCUT2D eigenvalue weighted by Gasteiger charge is -2.22. The first-order valence-corrected chi connectivity index (χ1v) is 7.70. The average molecular weight is 285 g/mol. The van der Waals surface area contributed by atoms with E-state index in [1.165, 1.54) is 25.7 Å². The van der Waals surface area contributed by atoms with E-state index >= 15 is 0 Å². The number of nitrogens with zero attached hydrogens (tertiary/aromatic N) is 5. The van der Waals surface area contributed by atoms with E-state index in [1.54, 1.807) is 6.20 Å². The molecule has 0 unspecified atom stereocenters. The van der Waals surface area contributed by atoms with Gasteiger partial charge >= 0.3 is 0 Å². The Morgan fingerprint density at radius 2 is 2.00 bits per heavy atom. The van der Waals surface area contributed by atoms with Crippen LogP contribution in [0.1, 0.15) is 37.1 Å². The Morgan fingerprint density at radius 3 is 2.67 bits per heavy atom. The molecule has 5 nitrogen and oxygen atoms in total. The quantitative estimate of drug-likeness (QED) is 0.866. The van der Waals surface area contributed by atoms with Gasteiger partial charge in [0.05, 0.1) is 18.1 Å². The fraction of sp³-hybridized carbons (Fsp3) is 0.562. The maximum atomic E-state index is 4.72. The Labute approximate surface area is 126 Å². The van der Waals surface area contributed by atoms with Crippen molar-refractivity contribution in [2.45, 2.75) is 39.5 Å². The average Bonchev–Trinajstić information content (AvgIpc) is 3.08. The van der Waals surface area contributed by atoms with Gasteiger partial charge in [-0.15, -0.1) is 0 Å². The molecule has 21 heavy (non-hydrogen) atoms. The normalized spacial score (nSPS) is 15.6. The van der Waals surface area contributed by atoms with Gasteiger partial charge < -0.3 is 4.90 Å². The molecule has 1 aliphatic rings. The van der Waals surface area contributed by atoms with E-state index < -0.39 is 0 Å². The number of aryl methyl sites for hydroxylation is 2. The summed E-state index contributed by atoms with van der Waals surface area (Å²) in [6, 6.07) is 2.05. The lowest BCUT2D eigenvalue weighted by Crippen LogP contribution is -2.25. The van der Waals surface area contributed by atoms with Crippen molar-refractivity contribution in [2.75, 3.05) is 18.5 Å². The molecule has 1 aliphatic carbocycles. The van der Waals surface area contributed by atoms with Crippen LogP contribution in [0.15, 0.2) is 18.5 Å². The molecule has 0 aromatic carbocycles. The highest BCUT2D eigenvalue weighted by Gasteiger charge is 2.18. The second-order valence-corrected chi connectivity index (χ2v) is 6.11. The number of hydrogen-bond donors (Lipinski definition) is 0. The lowest BCUT2D eigenvalue weighted by atomic mass is 10.1. The van der Waals surface area contributed by atoms with Gasteiger partial charge in [0.1, 0.15) is 5.82 Å². The smallest absolute Gasteiger partial charge is 0.174 e. The van der Waals surface area contributed by atoms with Gasteiger partial charge in [0.2, 0.25) is 0 Å². The predicted molar refractivity (Wildman–Crippen MR) is 83.9 cm³/mol. The van der Waals surface area contributed by atoms with E-state index in [9.17, 15) is 0 Å². The maximum absolute atomic E-state index is 4.72. The summed E-state index contributed by atoms with van der Waals surface area (Å²) in [5.74, 6) is 2.51. The van der Waals surface area contributed by atoms with Crippen molar-refractivity contribution in [3.8, 4) is 5.82 Å². The first-order chi connectivity index (χ1) is 10.1. The molecule has 2 aromatic heterocycles. The minimum atomic E-state index is 0.788. The lowest BCUT2D eigenvalue weighted by molar-refractivity contribution is 0.544. The van der Waals surface area contributed by atoms with E-state index in [2.05, 4.69) is 28.1 Å². The summed E-state index contributed by atoms with van der Waals surface area (Å²) in [6.45, 7) is 5.10. The van der Waals surface area contributed by atoms with E-state index in [-0.39, 0.29) is 0 Å². The second-order valence-electron chi connectivity index (χ2n) is 6.11. The fourth-order valence-electron chi connectivity index (χ4n) is 3.17. The van der Waals surface area contributed by atoms with Crippen molar-refractivity contribution < 1.29 is 0 Å². The second kappa shape index (κ2) is 5.84. The van der Waals surface area contributed by atoms with Crippen molar-refractivity contribution >= 4 is 5.82 Å². The maximum Gasteiger partial charge on any atom is 0.174 e. The molecule has 0 N–H and O–H groups in total. The van der Waals surface area contributed by atoms with Gasteiger partial charge in [0, 0.05) is 19.3 Å². The molecule has 0 saturated heterocycles. The fourth-order valence-corrected chi connectivity index (χ4v) is 3.17. The Hall–Kier alpha value is -1.91. The van der Waals surface area contributed by atoms with Crippen molar-refractivity contribution in [1.29, 1.82) is 0 Å². The molecule has 0 aliphatic heterocycles. The molecule has 1 fully saturated rings. The largest absolute Gasteiger partial charge is 0.358 e. The summed E-state index contributed by atoms with van der Waals surface area (Å²) in [4.78, 5) is 11.3. The van der Waals surface area contributed by atoms with Crippen LogP contribution in [0.2, 0.25) is 0 Å². The zero-order valence-electron chi connectivity index (χ0n) is 13.1. The molecule has 112 valence electrons. The van der Waals surface area contributed by atoms with E-state index in [4.69, 9.17) is 4.98 Å². The van der Waals surface area contributed by atoms with Crippen LogP contribution < -0.4 is 4.90 Å². The molecule has 2 heterocycles. The summed E-state index contributed by atoms with van der Waals surface area (Å²) >= 11 is 0. The topological polar surface area (TPSA) is 46.8 Å². The van der Waals surface area contributed by atoms with Crippen LogP contribution in [-0.2, 0) is 0 Å². The SMILES string of the molecule is Cc1cc(C)n(-c2cncc(N(C)CC3CCCC3)n2)n1. The molecular formula is C16H23N5. The Kier molecular flexibility index (Phi) is 3.90. The first kappa shape index (κ1) is 14.0. The Morgan fingerprint density at radius 1 is 1.24 bits per heavy atom. The van der Waals surface area contributed by atoms with Gasteiger partial charge in [-0.1, -0.05) is 12.8 Å². The molecule has 0 spiro atoms. The Bertz CT molecular complexity index is 613. The van der Waals surface area contributed by atoms with Crippen LogP contribution in [0.5, 0.6) is 0 Å². The summed E-state index contributed by atoms with van der Waals surface area (Å²) in [6.07, 6.45) is 9.03. The van der Waals surface area contributed by atoms with Gasteiger partial charge in [-0.2, -0.15) is 5.10 Å². The first-order valence-electron chi connectivity index (χ1n) is 7.70. The van der Waals surface area contributed by atoms with Crippen LogP contribution in [0.4, 0.5) is 5.82 Å². The molecule has 0 atom stereocenters. The molecule has 0 bridgehead atoms. The molecule has 1 saturated carbocycles. The summed E-state index contributed by atoms with van der Waals surface area (Å²) in [5, 5.41) is 4.48. The number of rotatable bonds is 4. The van der Waals surface area contributed by atoms with E-state index in [1.807, 2.05) is 24.7 Å². The monoisotopic (exact) mass is 285 g/mol. The van der Waals surface area contributed by atoms with Gasteiger partial charge in [0.25, 0.3) is 0 Å². The number of hydrogen-bond acceptors (Lipinski definition) is 4. The summed E-state index contributed by atoms with van der Waals surface area (Å²) in [5.41, 5.74) is 2.08. The minimum Gasteiger partial charge on any atom is -0.358 e. The van der Waals surface area contributed by atoms with Gasteiger partial charge in [0.15, 0.2) is 5.82 Å². The predicted octanol–water partition coefficient (Wildman–Crippen LogP) is 2.91. The van der Waals surface area contributed by atoms with E-state index in [0.29, 0.717) is 0 Å². The number of anilines is 1. The molecule has 2 aromatic rings. The van der Waals surface area contributed by atoms with Gasteiger partial charge in [-0.05, 0) is 38.7 Å². The summed E-state index contributed by atoms with van der Waals surface area (Å²) < 4.78 is 1.86. The van der Waals surface area contributed by atoms with Crippen molar-refractivity contribution in [2.24, 2.45) is 5.92 Å². The van der Waals surface area contributed by atoms with Crippen molar-refractivity contribution in [1.82, 2.24) is 19.7 Å². The molecule has 3 rings (SSSR count). The van der Waals surface area contributed by atoms with Gasteiger partial charge in [-0.25, -0.2) is 9.67 Å². The zero-order chi connectivity index (χ0) is 14.8. The number of aromatic nitrogens is 4.